The average Bonchev–Trinajstić information content (AvgIpc) is 2.65. The lowest BCUT2D eigenvalue weighted by Gasteiger charge is -2.25. The van der Waals surface area contributed by atoms with Gasteiger partial charge in [0.15, 0.2) is 5.78 Å². The first kappa shape index (κ1) is 20.6. The minimum Gasteiger partial charge on any atom is -0.497 e. The van der Waals surface area contributed by atoms with Crippen LogP contribution in [-0.2, 0) is 5.41 Å². The molecule has 0 spiro atoms. The summed E-state index contributed by atoms with van der Waals surface area (Å²) < 4.78 is 16.4. The Bertz CT molecular complexity index is 812. The molecular formula is C23H28O4. The summed E-state index contributed by atoms with van der Waals surface area (Å²) in [6, 6.07) is 10.9. The van der Waals surface area contributed by atoms with Crippen molar-refractivity contribution in [2.45, 2.75) is 33.1 Å². The van der Waals surface area contributed by atoms with Crippen molar-refractivity contribution in [3.8, 4) is 17.2 Å². The number of ether oxygens (including phenoxy) is 3. The molecule has 0 unspecified atom stereocenters. The van der Waals surface area contributed by atoms with Crippen LogP contribution in [0.15, 0.2) is 42.5 Å². The quantitative estimate of drug-likeness (QED) is 0.492. The van der Waals surface area contributed by atoms with Gasteiger partial charge < -0.3 is 14.2 Å². The van der Waals surface area contributed by atoms with E-state index in [1.165, 1.54) is 0 Å². The van der Waals surface area contributed by atoms with Gasteiger partial charge in [0.1, 0.15) is 17.2 Å². The van der Waals surface area contributed by atoms with Gasteiger partial charge in [0.25, 0.3) is 0 Å². The summed E-state index contributed by atoms with van der Waals surface area (Å²) >= 11 is 0. The van der Waals surface area contributed by atoms with Crippen molar-refractivity contribution in [3.63, 3.8) is 0 Å². The number of carbonyl (C=O) groups is 1. The lowest BCUT2D eigenvalue weighted by Crippen LogP contribution is -2.15. The summed E-state index contributed by atoms with van der Waals surface area (Å²) in [5, 5.41) is 0. The second-order valence-electron chi connectivity index (χ2n) is 7.20. The fourth-order valence-corrected chi connectivity index (χ4v) is 2.97. The van der Waals surface area contributed by atoms with Gasteiger partial charge in [-0.05, 0) is 54.3 Å². The lowest BCUT2D eigenvalue weighted by atomic mass is 9.82. The predicted molar refractivity (Wildman–Crippen MR) is 109 cm³/mol. The van der Waals surface area contributed by atoms with E-state index in [1.54, 1.807) is 44.6 Å². The maximum atomic E-state index is 12.6. The van der Waals surface area contributed by atoms with Crippen LogP contribution < -0.4 is 14.2 Å². The first-order chi connectivity index (χ1) is 12.8. The minimum atomic E-state index is -0.153. The first-order valence-corrected chi connectivity index (χ1v) is 9.02. The number of carbonyl (C=O) groups excluding carboxylic acids is 1. The summed E-state index contributed by atoms with van der Waals surface area (Å²) in [6.45, 7) is 8.87. The zero-order valence-electron chi connectivity index (χ0n) is 17.0. The minimum absolute atomic E-state index is 0.0697. The van der Waals surface area contributed by atoms with Gasteiger partial charge in [-0.1, -0.05) is 26.8 Å². The summed E-state index contributed by atoms with van der Waals surface area (Å²) in [7, 11) is 3.26. The Morgan fingerprint density at radius 2 is 1.67 bits per heavy atom. The maximum Gasteiger partial charge on any atom is 0.185 e. The van der Waals surface area contributed by atoms with Crippen LogP contribution in [0.2, 0.25) is 0 Å². The van der Waals surface area contributed by atoms with Crippen molar-refractivity contribution in [1.29, 1.82) is 0 Å². The first-order valence-electron chi connectivity index (χ1n) is 9.02. The molecule has 4 heteroatoms. The monoisotopic (exact) mass is 368 g/mol. The fraction of sp³-hybridized carbons (Fsp3) is 0.348. The Kier molecular flexibility index (Phi) is 6.67. The smallest absolute Gasteiger partial charge is 0.185 e. The molecule has 0 aliphatic heterocycles. The molecule has 27 heavy (non-hydrogen) atoms. The van der Waals surface area contributed by atoms with Crippen molar-refractivity contribution in [2.24, 2.45) is 0 Å². The van der Waals surface area contributed by atoms with Crippen LogP contribution in [0.25, 0.3) is 6.08 Å². The molecule has 0 saturated heterocycles. The molecule has 4 nitrogen and oxygen atoms in total. The van der Waals surface area contributed by atoms with Crippen molar-refractivity contribution in [2.75, 3.05) is 20.8 Å². The highest BCUT2D eigenvalue weighted by Gasteiger charge is 2.23. The second-order valence-corrected chi connectivity index (χ2v) is 7.20. The molecule has 0 fully saturated rings. The summed E-state index contributed by atoms with van der Waals surface area (Å²) in [6.07, 6.45) is 3.41. The number of hydrogen-bond donors (Lipinski definition) is 0. The zero-order chi connectivity index (χ0) is 20.0. The van der Waals surface area contributed by atoms with Gasteiger partial charge in [0.2, 0.25) is 0 Å². The number of benzene rings is 2. The second kappa shape index (κ2) is 8.76. The SMILES string of the molecule is CCOc1ccc(C(=O)C=Cc2cc(OC)cc(OC)c2C(C)(C)C)cc1. The zero-order valence-corrected chi connectivity index (χ0v) is 17.0. The van der Waals surface area contributed by atoms with E-state index in [-0.39, 0.29) is 11.2 Å². The van der Waals surface area contributed by atoms with Gasteiger partial charge in [0, 0.05) is 17.2 Å². The third-order valence-electron chi connectivity index (χ3n) is 4.18. The van der Waals surface area contributed by atoms with E-state index < -0.39 is 0 Å². The van der Waals surface area contributed by atoms with Crippen LogP contribution >= 0.6 is 0 Å². The van der Waals surface area contributed by atoms with Crippen LogP contribution in [0.1, 0.15) is 49.2 Å². The summed E-state index contributed by atoms with van der Waals surface area (Å²) in [4.78, 5) is 12.6. The molecule has 0 saturated carbocycles. The summed E-state index contributed by atoms with van der Waals surface area (Å²) in [5.74, 6) is 2.12. The standard InChI is InChI=1S/C23H28O4/c1-7-27-18-11-8-16(9-12-18)20(24)13-10-17-14-19(25-5)15-21(26-6)22(17)23(2,3)4/h8-15H,7H2,1-6H3. The molecule has 144 valence electrons. The van der Waals surface area contributed by atoms with E-state index >= 15 is 0 Å². The molecule has 2 aromatic rings. The summed E-state index contributed by atoms with van der Waals surface area (Å²) in [5.41, 5.74) is 2.39. The molecular weight excluding hydrogens is 340 g/mol. The molecule has 0 atom stereocenters. The molecule has 0 aliphatic carbocycles. The molecule has 2 aromatic carbocycles. The van der Waals surface area contributed by atoms with Crippen molar-refractivity contribution in [1.82, 2.24) is 0 Å². The maximum absolute atomic E-state index is 12.6. The van der Waals surface area contributed by atoms with E-state index in [4.69, 9.17) is 14.2 Å². The average molecular weight is 368 g/mol. The van der Waals surface area contributed by atoms with Gasteiger partial charge in [-0.15, -0.1) is 0 Å². The van der Waals surface area contributed by atoms with Crippen LogP contribution in [0, 0.1) is 0 Å². The van der Waals surface area contributed by atoms with E-state index in [9.17, 15) is 4.79 Å². The normalized spacial score (nSPS) is 11.5. The van der Waals surface area contributed by atoms with Gasteiger partial charge in [-0.3, -0.25) is 4.79 Å². The highest BCUT2D eigenvalue weighted by molar-refractivity contribution is 6.07. The Morgan fingerprint density at radius 3 is 2.19 bits per heavy atom. The van der Waals surface area contributed by atoms with Crippen LogP contribution in [-0.4, -0.2) is 26.6 Å². The fourth-order valence-electron chi connectivity index (χ4n) is 2.97. The number of ketones is 1. The Hall–Kier alpha value is -2.75. The number of hydrogen-bond acceptors (Lipinski definition) is 4. The predicted octanol–water partition coefficient (Wildman–Crippen LogP) is 5.30. The van der Waals surface area contributed by atoms with Gasteiger partial charge >= 0.3 is 0 Å². The Morgan fingerprint density at radius 1 is 1.00 bits per heavy atom. The molecule has 2 rings (SSSR count). The number of allylic oxidation sites excluding steroid dienone is 1. The molecule has 0 radical (unpaired) electrons. The Balaban J connectivity index is 2.38. The third-order valence-corrected chi connectivity index (χ3v) is 4.18. The molecule has 0 amide bonds. The van der Waals surface area contributed by atoms with Gasteiger partial charge in [-0.2, -0.15) is 0 Å². The topological polar surface area (TPSA) is 44.8 Å². The van der Waals surface area contributed by atoms with E-state index in [2.05, 4.69) is 20.8 Å². The molecule has 0 aliphatic rings. The highest BCUT2D eigenvalue weighted by Crippen LogP contribution is 2.38. The molecule has 0 N–H and O–H groups in total. The van der Waals surface area contributed by atoms with Crippen LogP contribution in [0.5, 0.6) is 17.2 Å². The Labute approximate surface area is 161 Å². The lowest BCUT2D eigenvalue weighted by molar-refractivity contribution is 0.104. The van der Waals surface area contributed by atoms with E-state index in [0.717, 1.165) is 22.6 Å². The molecule has 0 aromatic heterocycles. The molecule has 0 bridgehead atoms. The third kappa shape index (κ3) is 5.13. The largest absolute Gasteiger partial charge is 0.497 e. The van der Waals surface area contributed by atoms with Crippen molar-refractivity contribution >= 4 is 11.9 Å². The van der Waals surface area contributed by atoms with Gasteiger partial charge in [0.05, 0.1) is 20.8 Å². The highest BCUT2D eigenvalue weighted by atomic mass is 16.5. The van der Waals surface area contributed by atoms with Crippen LogP contribution in [0.4, 0.5) is 0 Å². The molecule has 0 heterocycles. The van der Waals surface area contributed by atoms with Crippen LogP contribution in [0.3, 0.4) is 0 Å². The van der Waals surface area contributed by atoms with Gasteiger partial charge in [-0.25, -0.2) is 0 Å². The van der Waals surface area contributed by atoms with E-state index in [1.807, 2.05) is 25.1 Å². The van der Waals surface area contributed by atoms with Crippen molar-refractivity contribution < 1.29 is 19.0 Å². The van der Waals surface area contributed by atoms with E-state index in [0.29, 0.717) is 17.9 Å². The number of methoxy groups -OCH3 is 2. The van der Waals surface area contributed by atoms with Crippen molar-refractivity contribution in [3.05, 3.63) is 59.2 Å². The number of rotatable bonds is 7.